The van der Waals surface area contributed by atoms with Gasteiger partial charge in [-0.3, -0.25) is 14.7 Å². The van der Waals surface area contributed by atoms with Crippen molar-refractivity contribution in [3.8, 4) is 0 Å². The Morgan fingerprint density at radius 2 is 2.14 bits per heavy atom. The van der Waals surface area contributed by atoms with Gasteiger partial charge in [-0.1, -0.05) is 0 Å². The maximum Gasteiger partial charge on any atom is 0.272 e. The number of primary amides is 1. The molecule has 0 fully saturated rings. The summed E-state index contributed by atoms with van der Waals surface area (Å²) in [7, 11) is 1.68. The zero-order chi connectivity index (χ0) is 15.0. The summed E-state index contributed by atoms with van der Waals surface area (Å²) in [5, 5.41) is 10.4. The van der Waals surface area contributed by atoms with Crippen molar-refractivity contribution in [3.63, 3.8) is 0 Å². The minimum absolute atomic E-state index is 0.299. The fourth-order valence-corrected chi connectivity index (χ4v) is 2.14. The Bertz CT molecular complexity index is 846. The van der Waals surface area contributed by atoms with Crippen LogP contribution in [0, 0.1) is 0 Å². The number of amides is 2. The fraction of sp³-hybridized carbons (Fsp3) is 0.0714. The van der Waals surface area contributed by atoms with E-state index in [0.29, 0.717) is 16.9 Å². The molecule has 2 aromatic heterocycles. The van der Waals surface area contributed by atoms with Gasteiger partial charge in [-0.2, -0.15) is 5.10 Å². The summed E-state index contributed by atoms with van der Waals surface area (Å²) in [5.74, 6) is -0.877. The Hall–Kier alpha value is -3.09. The maximum absolute atomic E-state index is 12.2. The highest BCUT2D eigenvalue weighted by molar-refractivity contribution is 6.06. The molecule has 0 radical (unpaired) electrons. The number of rotatable bonds is 3. The summed E-state index contributed by atoms with van der Waals surface area (Å²) in [6, 6.07) is 6.89. The lowest BCUT2D eigenvalue weighted by Gasteiger charge is -2.06. The molecule has 0 spiro atoms. The lowest BCUT2D eigenvalue weighted by Crippen LogP contribution is -2.15. The summed E-state index contributed by atoms with van der Waals surface area (Å²) < 4.78 is 1.56. The largest absolute Gasteiger partial charge is 0.366 e. The van der Waals surface area contributed by atoms with Crippen LogP contribution >= 0.6 is 0 Å². The van der Waals surface area contributed by atoms with Crippen LogP contribution in [0.2, 0.25) is 0 Å². The summed E-state index contributed by atoms with van der Waals surface area (Å²) >= 11 is 0. The Labute approximate surface area is 119 Å². The number of H-pyrrole nitrogens is 1. The highest BCUT2D eigenvalue weighted by atomic mass is 16.2. The molecule has 3 rings (SSSR count). The second-order valence-electron chi connectivity index (χ2n) is 4.72. The standard InChI is InChI=1S/C14H13N5O2/c1-19-7-9(13(15)20)5-12(19)14(21)17-10-2-3-11-8(4-10)6-16-18-11/h2-7H,1H3,(H2,15,20)(H,16,18)(H,17,21). The Kier molecular flexibility index (Phi) is 2.94. The van der Waals surface area contributed by atoms with E-state index in [-0.39, 0.29) is 5.91 Å². The number of carbonyl (C=O) groups excluding carboxylic acids is 2. The number of hydrogen-bond acceptors (Lipinski definition) is 3. The summed E-state index contributed by atoms with van der Waals surface area (Å²) in [4.78, 5) is 23.4. The van der Waals surface area contributed by atoms with Gasteiger partial charge in [0.15, 0.2) is 0 Å². The number of nitrogens with zero attached hydrogens (tertiary/aromatic N) is 2. The van der Waals surface area contributed by atoms with Gasteiger partial charge < -0.3 is 15.6 Å². The van der Waals surface area contributed by atoms with Crippen molar-refractivity contribution in [2.45, 2.75) is 0 Å². The lowest BCUT2D eigenvalue weighted by molar-refractivity contribution is 0.0998. The maximum atomic E-state index is 12.2. The summed E-state index contributed by atoms with van der Waals surface area (Å²) in [6.07, 6.45) is 3.20. The van der Waals surface area contributed by atoms with E-state index in [1.165, 1.54) is 12.3 Å². The third kappa shape index (κ3) is 2.36. The van der Waals surface area contributed by atoms with Crippen LogP contribution in [0.5, 0.6) is 0 Å². The van der Waals surface area contributed by atoms with E-state index in [2.05, 4.69) is 15.5 Å². The number of benzene rings is 1. The van der Waals surface area contributed by atoms with E-state index in [1.54, 1.807) is 23.9 Å². The predicted molar refractivity (Wildman–Crippen MR) is 78.0 cm³/mol. The van der Waals surface area contributed by atoms with E-state index in [1.807, 2.05) is 12.1 Å². The minimum atomic E-state index is -0.565. The van der Waals surface area contributed by atoms with E-state index >= 15 is 0 Å². The van der Waals surface area contributed by atoms with Crippen molar-refractivity contribution in [2.24, 2.45) is 12.8 Å². The van der Waals surface area contributed by atoms with Crippen molar-refractivity contribution in [3.05, 3.63) is 47.9 Å². The van der Waals surface area contributed by atoms with Gasteiger partial charge in [-0.25, -0.2) is 0 Å². The van der Waals surface area contributed by atoms with Gasteiger partial charge >= 0.3 is 0 Å². The second kappa shape index (κ2) is 4.78. The first-order chi connectivity index (χ1) is 10.0. The molecule has 7 nitrogen and oxygen atoms in total. The monoisotopic (exact) mass is 283 g/mol. The lowest BCUT2D eigenvalue weighted by atomic mass is 10.2. The van der Waals surface area contributed by atoms with Crippen LogP contribution in [0.4, 0.5) is 5.69 Å². The van der Waals surface area contributed by atoms with Gasteiger partial charge in [0.25, 0.3) is 5.91 Å². The molecule has 3 aromatic rings. The van der Waals surface area contributed by atoms with E-state index in [4.69, 9.17) is 5.73 Å². The van der Waals surface area contributed by atoms with Crippen LogP contribution in [0.3, 0.4) is 0 Å². The van der Waals surface area contributed by atoms with Gasteiger partial charge in [0, 0.05) is 24.3 Å². The molecule has 0 saturated heterocycles. The molecule has 0 aliphatic carbocycles. The van der Waals surface area contributed by atoms with Crippen molar-refractivity contribution in [1.29, 1.82) is 0 Å². The Balaban J connectivity index is 1.87. The highest BCUT2D eigenvalue weighted by Gasteiger charge is 2.14. The van der Waals surface area contributed by atoms with E-state index < -0.39 is 5.91 Å². The number of nitrogens with one attached hydrogen (secondary N) is 2. The average Bonchev–Trinajstić information content (AvgIpc) is 3.04. The molecule has 0 bridgehead atoms. The SMILES string of the molecule is Cn1cc(C(N)=O)cc1C(=O)Nc1ccc2[nH]ncc2c1. The fourth-order valence-electron chi connectivity index (χ4n) is 2.14. The third-order valence-electron chi connectivity index (χ3n) is 3.22. The molecule has 7 heteroatoms. The molecule has 4 N–H and O–H groups in total. The van der Waals surface area contributed by atoms with Gasteiger partial charge in [0.05, 0.1) is 17.3 Å². The zero-order valence-electron chi connectivity index (χ0n) is 11.3. The molecule has 21 heavy (non-hydrogen) atoms. The molecule has 0 saturated carbocycles. The van der Waals surface area contributed by atoms with E-state index in [0.717, 1.165) is 10.9 Å². The number of fused-ring (bicyclic) bond motifs is 1. The molecule has 0 unspecified atom stereocenters. The van der Waals surface area contributed by atoms with Crippen molar-refractivity contribution in [2.75, 3.05) is 5.32 Å². The molecular weight excluding hydrogens is 270 g/mol. The highest BCUT2D eigenvalue weighted by Crippen LogP contribution is 2.18. The number of nitrogens with two attached hydrogens (primary N) is 1. The second-order valence-corrected chi connectivity index (χ2v) is 4.72. The quantitative estimate of drug-likeness (QED) is 0.673. The smallest absolute Gasteiger partial charge is 0.272 e. The summed E-state index contributed by atoms with van der Waals surface area (Å²) in [5.41, 5.74) is 7.40. The number of hydrogen-bond donors (Lipinski definition) is 3. The molecule has 0 aliphatic heterocycles. The predicted octanol–water partition coefficient (Wildman–Crippen LogP) is 1.25. The molecule has 2 amide bonds. The van der Waals surface area contributed by atoms with Crippen molar-refractivity contribution < 1.29 is 9.59 Å². The minimum Gasteiger partial charge on any atom is -0.366 e. The third-order valence-corrected chi connectivity index (χ3v) is 3.22. The first-order valence-corrected chi connectivity index (χ1v) is 6.25. The first kappa shape index (κ1) is 12.9. The first-order valence-electron chi connectivity index (χ1n) is 6.25. The van der Waals surface area contributed by atoms with Crippen LogP contribution < -0.4 is 11.1 Å². The van der Waals surface area contributed by atoms with Gasteiger partial charge in [-0.05, 0) is 24.3 Å². The molecular formula is C14H13N5O2. The summed E-state index contributed by atoms with van der Waals surface area (Å²) in [6.45, 7) is 0. The van der Waals surface area contributed by atoms with Gasteiger partial charge in [-0.15, -0.1) is 0 Å². The van der Waals surface area contributed by atoms with Gasteiger partial charge in [0.1, 0.15) is 5.69 Å². The Morgan fingerprint density at radius 1 is 1.33 bits per heavy atom. The molecule has 0 atom stereocenters. The zero-order valence-corrected chi connectivity index (χ0v) is 11.3. The topological polar surface area (TPSA) is 106 Å². The number of anilines is 1. The number of carbonyl (C=O) groups is 2. The van der Waals surface area contributed by atoms with Gasteiger partial charge in [0.2, 0.25) is 5.91 Å². The van der Waals surface area contributed by atoms with Crippen LogP contribution in [0.1, 0.15) is 20.8 Å². The molecule has 0 aliphatic rings. The van der Waals surface area contributed by atoms with E-state index in [9.17, 15) is 9.59 Å². The van der Waals surface area contributed by atoms with Crippen molar-refractivity contribution in [1.82, 2.24) is 14.8 Å². The number of aromatic amines is 1. The average molecular weight is 283 g/mol. The van der Waals surface area contributed by atoms with Crippen molar-refractivity contribution >= 4 is 28.4 Å². The van der Waals surface area contributed by atoms with Crippen LogP contribution in [0.25, 0.3) is 10.9 Å². The Morgan fingerprint density at radius 3 is 2.86 bits per heavy atom. The normalized spacial score (nSPS) is 10.7. The van der Waals surface area contributed by atoms with Crippen LogP contribution in [-0.2, 0) is 7.05 Å². The molecule has 106 valence electrons. The number of aryl methyl sites for hydroxylation is 1. The molecule has 2 heterocycles. The van der Waals surface area contributed by atoms with Crippen LogP contribution in [0.15, 0.2) is 36.7 Å². The van der Waals surface area contributed by atoms with Crippen LogP contribution in [-0.4, -0.2) is 26.6 Å². The molecule has 1 aromatic carbocycles. The number of aromatic nitrogens is 3.